The van der Waals surface area contributed by atoms with E-state index in [9.17, 15) is 31.5 Å². The summed E-state index contributed by atoms with van der Waals surface area (Å²) in [5.41, 5.74) is -0.824. The Kier molecular flexibility index (Phi) is 4.87. The van der Waals surface area contributed by atoms with Gasteiger partial charge in [-0.05, 0) is 19.1 Å². The minimum atomic E-state index is -6.03. The zero-order valence-electron chi connectivity index (χ0n) is 10.6. The minimum absolute atomic E-state index is 0.0280. The van der Waals surface area contributed by atoms with Crippen molar-refractivity contribution in [2.75, 3.05) is 11.9 Å². The first-order valence-electron chi connectivity index (χ1n) is 5.63. The van der Waals surface area contributed by atoms with Crippen molar-refractivity contribution in [3.8, 4) is 0 Å². The first kappa shape index (κ1) is 16.9. The molecular formula is C12H10F5NO3. The molecule has 0 aliphatic rings. The maximum absolute atomic E-state index is 12.8. The molecule has 1 aromatic rings. The van der Waals surface area contributed by atoms with Gasteiger partial charge in [0.05, 0.1) is 17.9 Å². The van der Waals surface area contributed by atoms with Gasteiger partial charge in [-0.15, -0.1) is 0 Å². The van der Waals surface area contributed by atoms with Gasteiger partial charge in [-0.25, -0.2) is 4.79 Å². The lowest BCUT2D eigenvalue weighted by Gasteiger charge is -2.19. The van der Waals surface area contributed by atoms with Crippen molar-refractivity contribution in [2.45, 2.75) is 19.0 Å². The molecule has 0 atom stereocenters. The van der Waals surface area contributed by atoms with E-state index in [1.807, 2.05) is 0 Å². The van der Waals surface area contributed by atoms with E-state index < -0.39 is 29.7 Å². The maximum Gasteiger partial charge on any atom is 0.463 e. The zero-order valence-corrected chi connectivity index (χ0v) is 10.6. The Hall–Kier alpha value is -2.19. The Morgan fingerprint density at radius 3 is 2.24 bits per heavy atom. The number of hydrogen-bond acceptors (Lipinski definition) is 3. The van der Waals surface area contributed by atoms with Gasteiger partial charge in [-0.1, -0.05) is 12.1 Å². The molecule has 9 heteroatoms. The summed E-state index contributed by atoms with van der Waals surface area (Å²) in [7, 11) is 0. The van der Waals surface area contributed by atoms with Crippen LogP contribution in [0.2, 0.25) is 0 Å². The third-order valence-electron chi connectivity index (χ3n) is 2.31. The second kappa shape index (κ2) is 6.06. The Labute approximate surface area is 115 Å². The summed E-state index contributed by atoms with van der Waals surface area (Å²) in [5.74, 6) is -9.11. The number of ether oxygens (including phenoxy) is 1. The highest BCUT2D eigenvalue weighted by Crippen LogP contribution is 2.36. The number of carbonyl (C=O) groups excluding carboxylic acids is 2. The highest BCUT2D eigenvalue weighted by atomic mass is 19.4. The predicted octanol–water partition coefficient (Wildman–Crippen LogP) is 3.00. The largest absolute Gasteiger partial charge is 0.463 e. The van der Waals surface area contributed by atoms with Crippen LogP contribution in [0.3, 0.4) is 0 Å². The number of rotatable bonds is 4. The van der Waals surface area contributed by atoms with Crippen LogP contribution < -0.4 is 5.32 Å². The number of benzene rings is 1. The van der Waals surface area contributed by atoms with Gasteiger partial charge in [0.15, 0.2) is 0 Å². The fourth-order valence-electron chi connectivity index (χ4n) is 1.31. The predicted molar refractivity (Wildman–Crippen MR) is 62.0 cm³/mol. The molecule has 1 aromatic carbocycles. The summed E-state index contributed by atoms with van der Waals surface area (Å²) < 4.78 is 66.5. The van der Waals surface area contributed by atoms with Gasteiger partial charge in [0.1, 0.15) is 0 Å². The summed E-state index contributed by atoms with van der Waals surface area (Å²) in [6.45, 7) is 1.46. The maximum atomic E-state index is 12.8. The molecule has 0 aliphatic carbocycles. The standard InChI is InChI=1S/C12H10F5NO3/c1-2-21-9(19)7-5-3-4-6-8(7)18-10(20)11(13,14)12(15,16)17/h3-6H,2H2,1H3,(H,18,20). The van der Waals surface area contributed by atoms with Gasteiger partial charge in [-0.2, -0.15) is 22.0 Å². The number of esters is 1. The monoisotopic (exact) mass is 311 g/mol. The fourth-order valence-corrected chi connectivity index (χ4v) is 1.31. The van der Waals surface area contributed by atoms with Gasteiger partial charge < -0.3 is 10.1 Å². The molecule has 0 aromatic heterocycles. The van der Waals surface area contributed by atoms with E-state index in [1.165, 1.54) is 24.4 Å². The van der Waals surface area contributed by atoms with E-state index in [4.69, 9.17) is 0 Å². The number of para-hydroxylation sites is 1. The lowest BCUT2D eigenvalue weighted by molar-refractivity contribution is -0.267. The van der Waals surface area contributed by atoms with Crippen LogP contribution in [0.1, 0.15) is 17.3 Å². The molecule has 21 heavy (non-hydrogen) atoms. The van der Waals surface area contributed by atoms with Crippen LogP contribution in [0.5, 0.6) is 0 Å². The van der Waals surface area contributed by atoms with Gasteiger partial charge in [-0.3, -0.25) is 4.79 Å². The van der Waals surface area contributed by atoms with Gasteiger partial charge in [0.2, 0.25) is 0 Å². The van der Waals surface area contributed by atoms with Gasteiger partial charge >= 0.3 is 24.0 Å². The van der Waals surface area contributed by atoms with E-state index in [2.05, 4.69) is 4.74 Å². The molecule has 0 heterocycles. The average Bonchev–Trinajstić information content (AvgIpc) is 2.38. The lowest BCUT2D eigenvalue weighted by Crippen LogP contribution is -2.47. The number of halogens is 5. The van der Waals surface area contributed by atoms with Crippen molar-refractivity contribution in [2.24, 2.45) is 0 Å². The van der Waals surface area contributed by atoms with Crippen LogP contribution in [-0.4, -0.2) is 30.6 Å². The normalized spacial score (nSPS) is 11.9. The Bertz CT molecular complexity index is 542. The van der Waals surface area contributed by atoms with E-state index in [0.29, 0.717) is 0 Å². The summed E-state index contributed by atoms with van der Waals surface area (Å²) >= 11 is 0. The van der Waals surface area contributed by atoms with Crippen LogP contribution in [0.15, 0.2) is 24.3 Å². The van der Waals surface area contributed by atoms with Gasteiger partial charge in [0, 0.05) is 0 Å². The second-order valence-electron chi connectivity index (χ2n) is 3.79. The average molecular weight is 311 g/mol. The van der Waals surface area contributed by atoms with E-state index in [-0.39, 0.29) is 12.2 Å². The number of anilines is 1. The molecule has 0 bridgehead atoms. The van der Waals surface area contributed by atoms with E-state index >= 15 is 0 Å². The molecular weight excluding hydrogens is 301 g/mol. The highest BCUT2D eigenvalue weighted by molar-refractivity contribution is 6.03. The summed E-state index contributed by atoms with van der Waals surface area (Å²) in [5, 5.41) is 1.39. The number of carbonyl (C=O) groups is 2. The van der Waals surface area contributed by atoms with Crippen molar-refractivity contribution in [1.29, 1.82) is 0 Å². The van der Waals surface area contributed by atoms with E-state index in [0.717, 1.165) is 12.1 Å². The molecule has 1 rings (SSSR count). The Morgan fingerprint density at radius 2 is 1.71 bits per heavy atom. The van der Waals surface area contributed by atoms with Crippen molar-refractivity contribution in [1.82, 2.24) is 0 Å². The van der Waals surface area contributed by atoms with Crippen LogP contribution in [-0.2, 0) is 9.53 Å². The number of nitrogens with one attached hydrogen (secondary N) is 1. The highest BCUT2D eigenvalue weighted by Gasteiger charge is 2.63. The molecule has 0 unspecified atom stereocenters. The number of hydrogen-bond donors (Lipinski definition) is 1. The third-order valence-corrected chi connectivity index (χ3v) is 2.31. The molecule has 4 nitrogen and oxygen atoms in total. The lowest BCUT2D eigenvalue weighted by atomic mass is 10.1. The smallest absolute Gasteiger partial charge is 0.462 e. The fraction of sp³-hybridized carbons (Fsp3) is 0.333. The van der Waals surface area contributed by atoms with Crippen molar-refractivity contribution in [3.63, 3.8) is 0 Å². The van der Waals surface area contributed by atoms with Crippen LogP contribution >= 0.6 is 0 Å². The molecule has 1 N–H and O–H groups in total. The Balaban J connectivity index is 3.04. The van der Waals surface area contributed by atoms with E-state index in [1.54, 1.807) is 0 Å². The summed E-state index contributed by atoms with van der Waals surface area (Å²) in [6.07, 6.45) is -6.03. The van der Waals surface area contributed by atoms with Crippen molar-refractivity contribution < 1.29 is 36.3 Å². The van der Waals surface area contributed by atoms with Gasteiger partial charge in [0.25, 0.3) is 0 Å². The molecule has 0 aliphatic heterocycles. The van der Waals surface area contributed by atoms with Crippen LogP contribution in [0.4, 0.5) is 27.6 Å². The molecule has 0 radical (unpaired) electrons. The first-order chi connectivity index (χ1) is 9.61. The number of amides is 1. The molecule has 0 fully saturated rings. The quantitative estimate of drug-likeness (QED) is 0.687. The Morgan fingerprint density at radius 1 is 1.14 bits per heavy atom. The SMILES string of the molecule is CCOC(=O)c1ccccc1NC(=O)C(F)(F)C(F)(F)F. The molecule has 1 amide bonds. The molecule has 0 spiro atoms. The minimum Gasteiger partial charge on any atom is -0.462 e. The summed E-state index contributed by atoms with van der Waals surface area (Å²) in [6, 6.07) is 4.73. The van der Waals surface area contributed by atoms with Crippen molar-refractivity contribution >= 4 is 17.6 Å². The van der Waals surface area contributed by atoms with Crippen LogP contribution in [0, 0.1) is 0 Å². The summed E-state index contributed by atoms with van der Waals surface area (Å²) in [4.78, 5) is 22.6. The van der Waals surface area contributed by atoms with Crippen molar-refractivity contribution in [3.05, 3.63) is 29.8 Å². The second-order valence-corrected chi connectivity index (χ2v) is 3.79. The molecule has 0 saturated heterocycles. The molecule has 116 valence electrons. The first-order valence-corrected chi connectivity index (χ1v) is 5.63. The topological polar surface area (TPSA) is 55.4 Å². The molecule has 0 saturated carbocycles. The third kappa shape index (κ3) is 3.67. The number of alkyl halides is 5. The zero-order chi connectivity index (χ0) is 16.3. The van der Waals surface area contributed by atoms with Crippen LogP contribution in [0.25, 0.3) is 0 Å².